The lowest BCUT2D eigenvalue weighted by Crippen LogP contribution is -2.24. The normalized spacial score (nSPS) is 23.2. The minimum atomic E-state index is -0.891. The summed E-state index contributed by atoms with van der Waals surface area (Å²) in [5.74, 6) is -0.372. The molecule has 0 aromatic heterocycles. The van der Waals surface area contributed by atoms with Crippen LogP contribution in [0.4, 0.5) is 0 Å². The molecule has 0 spiro atoms. The largest absolute Gasteiger partial charge is 0.478 e. The van der Waals surface area contributed by atoms with E-state index in [9.17, 15) is 4.79 Å². The van der Waals surface area contributed by atoms with Crippen molar-refractivity contribution < 1.29 is 9.90 Å². The summed E-state index contributed by atoms with van der Waals surface area (Å²) in [6.45, 7) is 0. The Labute approximate surface area is 112 Å². The predicted octanol–water partition coefficient (Wildman–Crippen LogP) is 3.10. The van der Waals surface area contributed by atoms with E-state index in [1.807, 2.05) is 0 Å². The molecule has 2 unspecified atom stereocenters. The van der Waals surface area contributed by atoms with Crippen LogP contribution in [0.25, 0.3) is 0 Å². The molecule has 1 aromatic rings. The number of aryl methyl sites for hydroxylation is 1. The van der Waals surface area contributed by atoms with Gasteiger partial charge in [0.05, 0.1) is 5.56 Å². The van der Waals surface area contributed by atoms with Crippen molar-refractivity contribution in [1.29, 1.82) is 0 Å². The first-order chi connectivity index (χ1) is 8.58. The van der Waals surface area contributed by atoms with Crippen LogP contribution in [0.3, 0.4) is 0 Å². The van der Waals surface area contributed by atoms with Crippen molar-refractivity contribution >= 4 is 17.6 Å². The Kier molecular flexibility index (Phi) is 4.25. The number of carboxylic acid groups (broad SMARTS) is 1. The van der Waals surface area contributed by atoms with Crippen LogP contribution in [0.1, 0.15) is 41.6 Å². The van der Waals surface area contributed by atoms with E-state index >= 15 is 0 Å². The van der Waals surface area contributed by atoms with Crippen LogP contribution in [0.15, 0.2) is 18.2 Å². The second-order valence-electron chi connectivity index (χ2n) is 5.00. The molecule has 0 radical (unpaired) electrons. The minimum Gasteiger partial charge on any atom is -0.478 e. The van der Waals surface area contributed by atoms with Gasteiger partial charge in [0.15, 0.2) is 0 Å². The Morgan fingerprint density at radius 2 is 2.22 bits per heavy atom. The lowest BCUT2D eigenvalue weighted by molar-refractivity contribution is 0.0695. The first-order valence-electron chi connectivity index (χ1n) is 6.35. The average molecular weight is 268 g/mol. The van der Waals surface area contributed by atoms with Gasteiger partial charge in [-0.1, -0.05) is 18.0 Å². The summed E-state index contributed by atoms with van der Waals surface area (Å²) < 4.78 is 0. The third kappa shape index (κ3) is 3.03. The number of carbonyl (C=O) groups is 1. The second kappa shape index (κ2) is 5.72. The third-order valence-electron chi connectivity index (χ3n) is 3.80. The number of carboxylic acids is 1. The maximum atomic E-state index is 11.1. The van der Waals surface area contributed by atoms with Crippen molar-refractivity contribution in [1.82, 2.24) is 0 Å². The van der Waals surface area contributed by atoms with E-state index in [1.165, 1.54) is 6.42 Å². The highest BCUT2D eigenvalue weighted by atomic mass is 35.5. The van der Waals surface area contributed by atoms with E-state index in [0.717, 1.165) is 31.2 Å². The molecule has 98 valence electrons. The van der Waals surface area contributed by atoms with Gasteiger partial charge in [0.25, 0.3) is 0 Å². The zero-order valence-corrected chi connectivity index (χ0v) is 11.0. The third-order valence-corrected chi connectivity index (χ3v) is 4.04. The van der Waals surface area contributed by atoms with E-state index in [4.69, 9.17) is 22.4 Å². The first kappa shape index (κ1) is 13.4. The van der Waals surface area contributed by atoms with Gasteiger partial charge in [-0.2, -0.15) is 0 Å². The zero-order valence-electron chi connectivity index (χ0n) is 10.2. The van der Waals surface area contributed by atoms with Crippen LogP contribution in [-0.4, -0.2) is 17.1 Å². The summed E-state index contributed by atoms with van der Waals surface area (Å²) >= 11 is 5.93. The molecule has 0 bridgehead atoms. The highest BCUT2D eigenvalue weighted by molar-refractivity contribution is 6.30. The number of rotatable bonds is 4. The molecule has 4 heteroatoms. The summed E-state index contributed by atoms with van der Waals surface area (Å²) in [7, 11) is 0. The topological polar surface area (TPSA) is 63.3 Å². The molecule has 1 saturated carbocycles. The number of hydrogen-bond donors (Lipinski definition) is 2. The van der Waals surface area contributed by atoms with Gasteiger partial charge < -0.3 is 10.8 Å². The molecule has 3 N–H and O–H groups in total. The van der Waals surface area contributed by atoms with E-state index in [0.29, 0.717) is 16.5 Å². The SMILES string of the molecule is NC1CCCC1CCc1cc(Cl)ccc1C(=O)O. The Morgan fingerprint density at radius 3 is 2.83 bits per heavy atom. The molecule has 1 aliphatic rings. The lowest BCUT2D eigenvalue weighted by atomic mass is 9.93. The zero-order chi connectivity index (χ0) is 13.1. The van der Waals surface area contributed by atoms with Crippen molar-refractivity contribution in [3.63, 3.8) is 0 Å². The lowest BCUT2D eigenvalue weighted by Gasteiger charge is -2.15. The molecule has 1 fully saturated rings. The average Bonchev–Trinajstić information content (AvgIpc) is 2.72. The van der Waals surface area contributed by atoms with E-state index in [2.05, 4.69) is 0 Å². The summed E-state index contributed by atoms with van der Waals surface area (Å²) in [4.78, 5) is 11.1. The molecule has 1 aromatic carbocycles. The standard InChI is InChI=1S/C14H18ClNO2/c15-11-6-7-12(14(17)18)10(8-11)5-4-9-2-1-3-13(9)16/h6-9,13H,1-5,16H2,(H,17,18). The van der Waals surface area contributed by atoms with Crippen LogP contribution < -0.4 is 5.73 Å². The highest BCUT2D eigenvalue weighted by Crippen LogP contribution is 2.29. The smallest absolute Gasteiger partial charge is 0.335 e. The maximum absolute atomic E-state index is 11.1. The van der Waals surface area contributed by atoms with Crippen molar-refractivity contribution in [2.24, 2.45) is 11.7 Å². The number of benzene rings is 1. The van der Waals surface area contributed by atoms with E-state index < -0.39 is 5.97 Å². The summed E-state index contributed by atoms with van der Waals surface area (Å²) in [5.41, 5.74) is 7.20. The molecule has 3 nitrogen and oxygen atoms in total. The molecule has 2 atom stereocenters. The molecular weight excluding hydrogens is 250 g/mol. The molecule has 0 amide bonds. The van der Waals surface area contributed by atoms with Crippen LogP contribution in [0.2, 0.25) is 5.02 Å². The summed E-state index contributed by atoms with van der Waals surface area (Å²) in [5, 5.41) is 9.72. The van der Waals surface area contributed by atoms with Gasteiger partial charge in [-0.05, 0) is 55.4 Å². The van der Waals surface area contributed by atoms with Crippen LogP contribution >= 0.6 is 11.6 Å². The molecular formula is C14H18ClNO2. The number of hydrogen-bond acceptors (Lipinski definition) is 2. The highest BCUT2D eigenvalue weighted by Gasteiger charge is 2.24. The van der Waals surface area contributed by atoms with E-state index in [1.54, 1.807) is 18.2 Å². The number of halogens is 1. The van der Waals surface area contributed by atoms with Gasteiger partial charge in [-0.3, -0.25) is 0 Å². The van der Waals surface area contributed by atoms with Gasteiger partial charge in [-0.15, -0.1) is 0 Å². The van der Waals surface area contributed by atoms with Crippen LogP contribution in [0.5, 0.6) is 0 Å². The predicted molar refractivity (Wildman–Crippen MR) is 72.0 cm³/mol. The summed E-state index contributed by atoms with van der Waals surface area (Å²) in [6.07, 6.45) is 5.12. The van der Waals surface area contributed by atoms with E-state index in [-0.39, 0.29) is 6.04 Å². The molecule has 0 aliphatic heterocycles. The quantitative estimate of drug-likeness (QED) is 0.881. The van der Waals surface area contributed by atoms with Crippen LogP contribution in [-0.2, 0) is 6.42 Å². The summed E-state index contributed by atoms with van der Waals surface area (Å²) in [6, 6.07) is 5.23. The minimum absolute atomic E-state index is 0.275. The Hall–Kier alpha value is -1.06. The Bertz CT molecular complexity index is 447. The van der Waals surface area contributed by atoms with Gasteiger partial charge in [0.2, 0.25) is 0 Å². The van der Waals surface area contributed by atoms with Gasteiger partial charge in [-0.25, -0.2) is 4.79 Å². The van der Waals surface area contributed by atoms with Crippen molar-refractivity contribution in [2.45, 2.75) is 38.1 Å². The first-order valence-corrected chi connectivity index (χ1v) is 6.73. The van der Waals surface area contributed by atoms with Gasteiger partial charge in [0, 0.05) is 11.1 Å². The Balaban J connectivity index is 2.08. The molecule has 0 saturated heterocycles. The fourth-order valence-corrected chi connectivity index (χ4v) is 2.94. The van der Waals surface area contributed by atoms with Gasteiger partial charge >= 0.3 is 5.97 Å². The monoisotopic (exact) mass is 267 g/mol. The fraction of sp³-hybridized carbons (Fsp3) is 0.500. The number of nitrogens with two attached hydrogens (primary N) is 1. The van der Waals surface area contributed by atoms with Crippen molar-refractivity contribution in [3.8, 4) is 0 Å². The number of aromatic carboxylic acids is 1. The van der Waals surface area contributed by atoms with Crippen molar-refractivity contribution in [2.75, 3.05) is 0 Å². The van der Waals surface area contributed by atoms with Gasteiger partial charge in [0.1, 0.15) is 0 Å². The second-order valence-corrected chi connectivity index (χ2v) is 5.44. The maximum Gasteiger partial charge on any atom is 0.335 e. The fourth-order valence-electron chi connectivity index (χ4n) is 2.74. The molecule has 1 aliphatic carbocycles. The van der Waals surface area contributed by atoms with Crippen molar-refractivity contribution in [3.05, 3.63) is 34.3 Å². The Morgan fingerprint density at radius 1 is 1.44 bits per heavy atom. The molecule has 0 heterocycles. The van der Waals surface area contributed by atoms with Crippen LogP contribution in [0, 0.1) is 5.92 Å². The molecule has 2 rings (SSSR count). The molecule has 18 heavy (non-hydrogen) atoms.